The van der Waals surface area contributed by atoms with Gasteiger partial charge in [-0.2, -0.15) is 0 Å². The molecule has 2 aromatic carbocycles. The first-order valence-corrected chi connectivity index (χ1v) is 9.65. The van der Waals surface area contributed by atoms with Crippen molar-refractivity contribution in [3.05, 3.63) is 58.7 Å². The van der Waals surface area contributed by atoms with E-state index in [1.807, 2.05) is 26.0 Å². The number of hydrogen-bond acceptors (Lipinski definition) is 5. The van der Waals surface area contributed by atoms with Gasteiger partial charge < -0.3 is 14.8 Å². The van der Waals surface area contributed by atoms with Crippen molar-refractivity contribution in [3.8, 4) is 11.5 Å². The Labute approximate surface area is 168 Å². The molecule has 2 aromatic rings. The zero-order valence-corrected chi connectivity index (χ0v) is 16.4. The Bertz CT molecular complexity index is 966. The van der Waals surface area contributed by atoms with Gasteiger partial charge in [-0.05, 0) is 38.1 Å². The Morgan fingerprint density at radius 3 is 2.55 bits per heavy atom. The lowest BCUT2D eigenvalue weighted by Crippen LogP contribution is -2.40. The molecule has 2 aliphatic heterocycles. The summed E-state index contributed by atoms with van der Waals surface area (Å²) in [6.07, 6.45) is 0.931. The molecule has 0 aliphatic carbocycles. The van der Waals surface area contributed by atoms with Gasteiger partial charge in [-0.1, -0.05) is 12.1 Å². The zero-order chi connectivity index (χ0) is 20.5. The maximum Gasteiger partial charge on any atom is 0.262 e. The average Bonchev–Trinajstić information content (AvgIpc) is 3.18. The molecule has 0 saturated carbocycles. The summed E-state index contributed by atoms with van der Waals surface area (Å²) in [4.78, 5) is 38.2. The molecular formula is C22H22N2O5. The van der Waals surface area contributed by atoms with Crippen LogP contribution in [0.25, 0.3) is 0 Å². The summed E-state index contributed by atoms with van der Waals surface area (Å²) < 4.78 is 11.5. The van der Waals surface area contributed by atoms with Crippen LogP contribution in [0.3, 0.4) is 0 Å². The molecule has 7 nitrogen and oxygen atoms in total. The van der Waals surface area contributed by atoms with Gasteiger partial charge in [0, 0.05) is 24.1 Å². The quantitative estimate of drug-likeness (QED) is 0.760. The summed E-state index contributed by atoms with van der Waals surface area (Å²) in [5, 5.41) is 2.77. The van der Waals surface area contributed by atoms with E-state index in [1.165, 1.54) is 0 Å². The highest BCUT2D eigenvalue weighted by molar-refractivity contribution is 6.22. The first kappa shape index (κ1) is 19.0. The molecule has 29 heavy (non-hydrogen) atoms. The van der Waals surface area contributed by atoms with Crippen LogP contribution in [0.1, 0.15) is 45.7 Å². The van der Waals surface area contributed by atoms with E-state index >= 15 is 0 Å². The lowest BCUT2D eigenvalue weighted by atomic mass is 10.1. The van der Waals surface area contributed by atoms with Gasteiger partial charge in [-0.25, -0.2) is 0 Å². The van der Waals surface area contributed by atoms with Crippen molar-refractivity contribution in [1.82, 2.24) is 10.2 Å². The molecule has 0 radical (unpaired) electrons. The van der Waals surface area contributed by atoms with Crippen molar-refractivity contribution < 1.29 is 23.9 Å². The normalized spacial score (nSPS) is 17.0. The first-order chi connectivity index (χ1) is 14.0. The highest BCUT2D eigenvalue weighted by atomic mass is 16.5. The number of amides is 3. The molecule has 0 spiro atoms. The number of fused-ring (bicyclic) bond motifs is 2. The number of ether oxygens (including phenoxy) is 2. The predicted octanol–water partition coefficient (Wildman–Crippen LogP) is 2.32. The number of imide groups is 1. The van der Waals surface area contributed by atoms with Crippen molar-refractivity contribution in [1.29, 1.82) is 0 Å². The molecule has 0 aromatic heterocycles. The van der Waals surface area contributed by atoms with E-state index in [9.17, 15) is 14.4 Å². The topological polar surface area (TPSA) is 84.9 Å². The summed E-state index contributed by atoms with van der Waals surface area (Å²) in [5.74, 6) is 0.179. The van der Waals surface area contributed by atoms with Crippen LogP contribution in [0.15, 0.2) is 36.4 Å². The van der Waals surface area contributed by atoms with E-state index in [1.54, 1.807) is 24.3 Å². The highest BCUT2D eigenvalue weighted by Crippen LogP contribution is 2.35. The number of carbonyl (C=O) groups excluding carboxylic acids is 3. The molecule has 0 bridgehead atoms. The lowest BCUT2D eigenvalue weighted by molar-refractivity contribution is -0.121. The fourth-order valence-corrected chi connectivity index (χ4v) is 3.69. The van der Waals surface area contributed by atoms with Gasteiger partial charge in [0.05, 0.1) is 17.7 Å². The minimum absolute atomic E-state index is 0.109. The van der Waals surface area contributed by atoms with Crippen LogP contribution in [-0.4, -0.2) is 41.9 Å². The Kier molecular flexibility index (Phi) is 4.96. The summed E-state index contributed by atoms with van der Waals surface area (Å²) >= 11 is 0. The Hall–Kier alpha value is -3.35. The first-order valence-electron chi connectivity index (χ1n) is 9.65. The van der Waals surface area contributed by atoms with E-state index in [4.69, 9.17) is 9.47 Å². The minimum atomic E-state index is -0.448. The van der Waals surface area contributed by atoms with Crippen LogP contribution in [0.5, 0.6) is 11.5 Å². The van der Waals surface area contributed by atoms with E-state index in [0.29, 0.717) is 23.5 Å². The Balaban J connectivity index is 1.44. The van der Waals surface area contributed by atoms with E-state index in [-0.39, 0.29) is 19.2 Å². The molecule has 150 valence electrons. The summed E-state index contributed by atoms with van der Waals surface area (Å²) in [6, 6.07) is 10.4. The van der Waals surface area contributed by atoms with Gasteiger partial charge in [-0.15, -0.1) is 0 Å². The smallest absolute Gasteiger partial charge is 0.262 e. The van der Waals surface area contributed by atoms with Gasteiger partial charge in [-0.3, -0.25) is 19.3 Å². The summed E-state index contributed by atoms with van der Waals surface area (Å²) in [7, 11) is 0. The van der Waals surface area contributed by atoms with Crippen molar-refractivity contribution in [2.45, 2.75) is 32.9 Å². The molecule has 0 fully saturated rings. The number of nitrogens with one attached hydrogen (secondary N) is 1. The van der Waals surface area contributed by atoms with E-state index < -0.39 is 17.7 Å². The minimum Gasteiger partial charge on any atom is -0.494 e. The maximum absolute atomic E-state index is 12.4. The second kappa shape index (κ2) is 7.58. The summed E-state index contributed by atoms with van der Waals surface area (Å²) in [5.41, 5.74) is 2.53. The maximum atomic E-state index is 12.4. The monoisotopic (exact) mass is 394 g/mol. The number of benzene rings is 2. The predicted molar refractivity (Wildman–Crippen MR) is 105 cm³/mol. The lowest BCUT2D eigenvalue weighted by Gasteiger charge is -2.16. The fourth-order valence-electron chi connectivity index (χ4n) is 3.69. The Morgan fingerprint density at radius 1 is 1.21 bits per heavy atom. The molecule has 3 amide bonds. The van der Waals surface area contributed by atoms with Gasteiger partial charge in [0.15, 0.2) is 0 Å². The number of rotatable bonds is 6. The Morgan fingerprint density at radius 2 is 1.90 bits per heavy atom. The molecule has 0 unspecified atom stereocenters. The molecule has 1 atom stereocenters. The second-order valence-electron chi connectivity index (χ2n) is 7.15. The molecule has 2 aliphatic rings. The van der Waals surface area contributed by atoms with Crippen molar-refractivity contribution >= 4 is 17.7 Å². The van der Waals surface area contributed by atoms with Crippen LogP contribution < -0.4 is 14.8 Å². The van der Waals surface area contributed by atoms with E-state index in [2.05, 4.69) is 5.32 Å². The third-order valence-corrected chi connectivity index (χ3v) is 5.03. The van der Waals surface area contributed by atoms with Crippen LogP contribution in [0.4, 0.5) is 0 Å². The molecule has 7 heteroatoms. The van der Waals surface area contributed by atoms with Crippen molar-refractivity contribution in [2.24, 2.45) is 0 Å². The summed E-state index contributed by atoms with van der Waals surface area (Å²) in [6.45, 7) is 4.29. The van der Waals surface area contributed by atoms with Gasteiger partial charge in [0.25, 0.3) is 11.8 Å². The van der Waals surface area contributed by atoms with E-state index in [0.717, 1.165) is 28.2 Å². The zero-order valence-electron chi connectivity index (χ0n) is 16.4. The van der Waals surface area contributed by atoms with Crippen molar-refractivity contribution in [2.75, 3.05) is 13.2 Å². The SMILES string of the molecule is CCOc1cc2c(cc1CNC(=O)CN1C(=O)c3ccccc3C1=O)O[C@@H](C)C2. The third-order valence-electron chi connectivity index (χ3n) is 5.03. The average molecular weight is 394 g/mol. The van der Waals surface area contributed by atoms with Crippen molar-refractivity contribution in [3.63, 3.8) is 0 Å². The van der Waals surface area contributed by atoms with Gasteiger partial charge in [0.2, 0.25) is 5.91 Å². The third kappa shape index (κ3) is 3.55. The van der Waals surface area contributed by atoms with Crippen LogP contribution in [0, 0.1) is 0 Å². The number of carbonyl (C=O) groups is 3. The largest absolute Gasteiger partial charge is 0.494 e. The van der Waals surface area contributed by atoms with Crippen LogP contribution in [-0.2, 0) is 17.8 Å². The van der Waals surface area contributed by atoms with Crippen LogP contribution in [0.2, 0.25) is 0 Å². The second-order valence-corrected chi connectivity index (χ2v) is 7.15. The standard InChI is InChI=1S/C22H22N2O5/c1-3-28-18-9-14-8-13(2)29-19(14)10-15(18)11-23-20(25)12-24-21(26)16-6-4-5-7-17(16)22(24)27/h4-7,9-10,13H,3,8,11-12H2,1-2H3,(H,23,25)/t13-/m0/s1. The molecule has 4 rings (SSSR count). The number of nitrogens with zero attached hydrogens (tertiary/aromatic N) is 1. The number of hydrogen-bond donors (Lipinski definition) is 1. The molecule has 2 heterocycles. The van der Waals surface area contributed by atoms with Crippen LogP contribution >= 0.6 is 0 Å². The van der Waals surface area contributed by atoms with Gasteiger partial charge >= 0.3 is 0 Å². The fraction of sp³-hybridized carbons (Fsp3) is 0.318. The van der Waals surface area contributed by atoms with Gasteiger partial charge in [0.1, 0.15) is 24.1 Å². The molecule has 1 N–H and O–H groups in total. The highest BCUT2D eigenvalue weighted by Gasteiger charge is 2.36. The molecular weight excluding hydrogens is 372 g/mol. The molecule has 0 saturated heterocycles.